The minimum absolute atomic E-state index is 0.0549. The van der Waals surface area contributed by atoms with E-state index in [1.54, 1.807) is 11.6 Å². The summed E-state index contributed by atoms with van der Waals surface area (Å²) in [5, 5.41) is 2.35. The molecule has 3 aromatic carbocycles. The number of imidazole rings is 1. The van der Waals surface area contributed by atoms with Gasteiger partial charge in [0.25, 0.3) is 5.56 Å². The zero-order valence-corrected chi connectivity index (χ0v) is 18.0. The van der Waals surface area contributed by atoms with E-state index in [0.29, 0.717) is 9.92 Å². The van der Waals surface area contributed by atoms with Crippen molar-refractivity contribution in [2.45, 2.75) is 10.1 Å². The number of benzene rings is 3. The van der Waals surface area contributed by atoms with Gasteiger partial charge >= 0.3 is 0 Å². The van der Waals surface area contributed by atoms with Gasteiger partial charge in [-0.2, -0.15) is 0 Å². The van der Waals surface area contributed by atoms with E-state index in [1.807, 2.05) is 84.4 Å². The van der Waals surface area contributed by atoms with Gasteiger partial charge in [0.2, 0.25) is 0 Å². The molecule has 0 radical (unpaired) electrons. The summed E-state index contributed by atoms with van der Waals surface area (Å²) < 4.78 is 3.71. The average Bonchev–Trinajstić information content (AvgIpc) is 3.08. The van der Waals surface area contributed by atoms with Crippen LogP contribution in [0, 0.1) is 0 Å². The molecule has 0 unspecified atom stereocenters. The number of fused-ring (bicyclic) bond motifs is 2. The lowest BCUT2D eigenvalue weighted by Crippen LogP contribution is -2.20. The number of aryl methyl sites for hydroxylation is 2. The SMILES string of the molecule is Cn1c(Sc2c(-c3ccccc3)c3cc(Cl)ccc3n(C)c2=O)nc2ccccc21. The van der Waals surface area contributed by atoms with Gasteiger partial charge in [0.1, 0.15) is 0 Å². The van der Waals surface area contributed by atoms with E-state index in [1.165, 1.54) is 11.8 Å². The second-order valence-corrected chi connectivity index (χ2v) is 8.55. The van der Waals surface area contributed by atoms with Crippen LogP contribution in [0.2, 0.25) is 5.02 Å². The largest absolute Gasteiger partial charge is 0.322 e. The van der Waals surface area contributed by atoms with Crippen LogP contribution in [0.1, 0.15) is 0 Å². The highest BCUT2D eigenvalue weighted by Gasteiger charge is 2.20. The third kappa shape index (κ3) is 3.02. The molecule has 6 heteroatoms. The van der Waals surface area contributed by atoms with E-state index >= 15 is 0 Å². The van der Waals surface area contributed by atoms with Crippen molar-refractivity contribution in [3.05, 3.63) is 88.2 Å². The summed E-state index contributed by atoms with van der Waals surface area (Å²) in [6.45, 7) is 0. The third-order valence-corrected chi connectivity index (χ3v) is 6.68. The molecule has 0 atom stereocenters. The molecule has 0 bridgehead atoms. The van der Waals surface area contributed by atoms with Gasteiger partial charge in [-0.1, -0.05) is 54.1 Å². The first-order valence-corrected chi connectivity index (χ1v) is 10.7. The molecule has 5 aromatic rings. The molecule has 0 fully saturated rings. The molecule has 0 saturated heterocycles. The monoisotopic (exact) mass is 431 g/mol. The van der Waals surface area contributed by atoms with Crippen molar-refractivity contribution in [2.75, 3.05) is 0 Å². The Balaban J connectivity index is 1.83. The predicted molar refractivity (Wildman–Crippen MR) is 124 cm³/mol. The maximum absolute atomic E-state index is 13.5. The number of aromatic nitrogens is 3. The maximum atomic E-state index is 13.5. The van der Waals surface area contributed by atoms with Crippen LogP contribution in [0.5, 0.6) is 0 Å². The summed E-state index contributed by atoms with van der Waals surface area (Å²) in [4.78, 5) is 18.9. The van der Waals surface area contributed by atoms with E-state index in [4.69, 9.17) is 16.6 Å². The number of nitrogens with zero attached hydrogens (tertiary/aromatic N) is 3. The smallest absolute Gasteiger partial charge is 0.265 e. The summed E-state index contributed by atoms with van der Waals surface area (Å²) in [5.41, 5.74) is 4.58. The van der Waals surface area contributed by atoms with Gasteiger partial charge in [-0.25, -0.2) is 4.98 Å². The fourth-order valence-corrected chi connectivity index (χ4v) is 5.07. The van der Waals surface area contributed by atoms with E-state index in [9.17, 15) is 4.79 Å². The van der Waals surface area contributed by atoms with E-state index in [2.05, 4.69) is 0 Å². The molecule has 5 rings (SSSR count). The van der Waals surface area contributed by atoms with Gasteiger partial charge in [-0.15, -0.1) is 0 Å². The molecule has 0 aliphatic heterocycles. The first-order valence-electron chi connectivity index (χ1n) is 9.51. The van der Waals surface area contributed by atoms with Gasteiger partial charge in [0.05, 0.1) is 21.4 Å². The van der Waals surface area contributed by atoms with Crippen LogP contribution in [0.15, 0.2) is 87.6 Å². The normalized spacial score (nSPS) is 11.4. The Labute approximate surface area is 182 Å². The number of pyridine rings is 1. The van der Waals surface area contributed by atoms with Crippen LogP contribution in [0.4, 0.5) is 0 Å². The molecule has 0 aliphatic carbocycles. The topological polar surface area (TPSA) is 39.8 Å². The lowest BCUT2D eigenvalue weighted by atomic mass is 10.0. The lowest BCUT2D eigenvalue weighted by molar-refractivity contribution is 0.812. The van der Waals surface area contributed by atoms with Crippen LogP contribution >= 0.6 is 23.4 Å². The molecular formula is C24H18ClN3OS. The number of halogens is 1. The molecule has 30 heavy (non-hydrogen) atoms. The minimum atomic E-state index is -0.0549. The van der Waals surface area contributed by atoms with Crippen LogP contribution in [0.25, 0.3) is 33.1 Å². The second kappa shape index (κ2) is 7.35. The number of hydrogen-bond donors (Lipinski definition) is 0. The van der Waals surface area contributed by atoms with E-state index in [0.717, 1.165) is 38.2 Å². The molecular weight excluding hydrogens is 414 g/mol. The zero-order valence-electron chi connectivity index (χ0n) is 16.5. The van der Waals surface area contributed by atoms with Crippen LogP contribution in [-0.4, -0.2) is 14.1 Å². The zero-order chi connectivity index (χ0) is 20.8. The first kappa shape index (κ1) is 19.0. The first-order chi connectivity index (χ1) is 14.5. The Hall–Kier alpha value is -3.02. The maximum Gasteiger partial charge on any atom is 0.265 e. The highest BCUT2D eigenvalue weighted by molar-refractivity contribution is 7.99. The Morgan fingerprint density at radius 1 is 0.867 bits per heavy atom. The molecule has 0 amide bonds. The number of rotatable bonds is 3. The molecule has 0 saturated carbocycles. The molecule has 0 aliphatic rings. The Morgan fingerprint density at radius 2 is 1.60 bits per heavy atom. The van der Waals surface area contributed by atoms with E-state index < -0.39 is 0 Å². The quantitative estimate of drug-likeness (QED) is 0.357. The molecule has 4 nitrogen and oxygen atoms in total. The van der Waals surface area contributed by atoms with Gasteiger partial charge in [-0.05, 0) is 47.7 Å². The average molecular weight is 432 g/mol. The summed E-state index contributed by atoms with van der Waals surface area (Å²) >= 11 is 7.75. The Morgan fingerprint density at radius 3 is 2.37 bits per heavy atom. The van der Waals surface area contributed by atoms with Crippen molar-refractivity contribution in [1.82, 2.24) is 14.1 Å². The van der Waals surface area contributed by atoms with Crippen LogP contribution < -0.4 is 5.56 Å². The Bertz CT molecular complexity index is 1470. The van der Waals surface area contributed by atoms with Gasteiger partial charge in [0, 0.05) is 30.1 Å². The predicted octanol–water partition coefficient (Wildman–Crippen LogP) is 5.90. The fraction of sp³-hybridized carbons (Fsp3) is 0.0833. The lowest BCUT2D eigenvalue weighted by Gasteiger charge is -2.16. The highest BCUT2D eigenvalue weighted by Crippen LogP contribution is 2.39. The standard InChI is InChI=1S/C24H18ClN3OS/c1-27-19-13-12-16(25)14-17(19)21(15-8-4-3-5-9-15)22(23(27)29)30-24-26-18-10-6-7-11-20(18)28(24)2/h3-14H,1-2H3. The van der Waals surface area contributed by atoms with Crippen LogP contribution in [0.3, 0.4) is 0 Å². The molecule has 2 heterocycles. The number of hydrogen-bond acceptors (Lipinski definition) is 3. The minimum Gasteiger partial charge on any atom is -0.322 e. The molecule has 148 valence electrons. The Kier molecular flexibility index (Phi) is 4.65. The van der Waals surface area contributed by atoms with Crippen molar-refractivity contribution < 1.29 is 0 Å². The van der Waals surface area contributed by atoms with Crippen molar-refractivity contribution >= 4 is 45.3 Å². The van der Waals surface area contributed by atoms with Crippen molar-refractivity contribution in [3.63, 3.8) is 0 Å². The number of para-hydroxylation sites is 2. The van der Waals surface area contributed by atoms with Gasteiger partial charge in [-0.3, -0.25) is 4.79 Å². The van der Waals surface area contributed by atoms with Gasteiger partial charge < -0.3 is 9.13 Å². The highest BCUT2D eigenvalue weighted by atomic mass is 35.5. The molecule has 2 aromatic heterocycles. The molecule has 0 spiro atoms. The van der Waals surface area contributed by atoms with E-state index in [-0.39, 0.29) is 5.56 Å². The molecule has 0 N–H and O–H groups in total. The summed E-state index contributed by atoms with van der Waals surface area (Å²) in [6.07, 6.45) is 0. The van der Waals surface area contributed by atoms with Crippen molar-refractivity contribution in [1.29, 1.82) is 0 Å². The van der Waals surface area contributed by atoms with Gasteiger partial charge in [0.15, 0.2) is 5.16 Å². The fourth-order valence-electron chi connectivity index (χ4n) is 3.78. The second-order valence-electron chi connectivity index (χ2n) is 7.14. The summed E-state index contributed by atoms with van der Waals surface area (Å²) in [7, 11) is 3.77. The third-order valence-electron chi connectivity index (χ3n) is 5.32. The summed E-state index contributed by atoms with van der Waals surface area (Å²) in [5.74, 6) is 0. The van der Waals surface area contributed by atoms with Crippen molar-refractivity contribution in [3.8, 4) is 11.1 Å². The van der Waals surface area contributed by atoms with Crippen molar-refractivity contribution in [2.24, 2.45) is 14.1 Å². The summed E-state index contributed by atoms with van der Waals surface area (Å²) in [6, 6.07) is 23.6. The van der Waals surface area contributed by atoms with Crippen LogP contribution in [-0.2, 0) is 14.1 Å².